The predicted molar refractivity (Wildman–Crippen MR) is 118 cm³/mol. The Bertz CT molecular complexity index is 1110. The summed E-state index contributed by atoms with van der Waals surface area (Å²) in [5.74, 6) is -0.461. The second kappa shape index (κ2) is 9.27. The molecule has 0 atom stereocenters. The highest BCUT2D eigenvalue weighted by molar-refractivity contribution is 7.89. The molecule has 2 aliphatic heterocycles. The Morgan fingerprint density at radius 1 is 1.09 bits per heavy atom. The van der Waals surface area contributed by atoms with E-state index in [0.29, 0.717) is 24.7 Å². The van der Waals surface area contributed by atoms with Crippen molar-refractivity contribution in [1.29, 1.82) is 0 Å². The van der Waals surface area contributed by atoms with Gasteiger partial charge in [0.05, 0.1) is 23.8 Å². The summed E-state index contributed by atoms with van der Waals surface area (Å²) >= 11 is 0. The molecule has 0 saturated carbocycles. The van der Waals surface area contributed by atoms with Crippen molar-refractivity contribution in [2.75, 3.05) is 49.7 Å². The van der Waals surface area contributed by atoms with Crippen LogP contribution in [0.25, 0.3) is 0 Å². The van der Waals surface area contributed by atoms with Gasteiger partial charge in [-0.1, -0.05) is 19.1 Å². The summed E-state index contributed by atoms with van der Waals surface area (Å²) in [5, 5.41) is 2.77. The smallest absolute Gasteiger partial charge is 0.265 e. The first-order valence-corrected chi connectivity index (χ1v) is 11.9. The van der Waals surface area contributed by atoms with Crippen molar-refractivity contribution in [3.8, 4) is 5.75 Å². The molecule has 0 radical (unpaired) electrons. The molecule has 2 aromatic carbocycles. The van der Waals surface area contributed by atoms with Gasteiger partial charge in [-0.3, -0.25) is 14.5 Å². The summed E-state index contributed by atoms with van der Waals surface area (Å²) in [5.41, 5.74) is 2.03. The average molecular weight is 460 g/mol. The number of hydrogen-bond acceptors (Lipinski definition) is 6. The first kappa shape index (κ1) is 22.3. The molecule has 2 aromatic rings. The van der Waals surface area contributed by atoms with Gasteiger partial charge in [-0.25, -0.2) is 8.42 Å². The van der Waals surface area contributed by atoms with E-state index < -0.39 is 21.8 Å². The Morgan fingerprint density at radius 2 is 1.81 bits per heavy atom. The van der Waals surface area contributed by atoms with Crippen LogP contribution >= 0.6 is 0 Å². The quantitative estimate of drug-likeness (QED) is 0.704. The predicted octanol–water partition coefficient (Wildman–Crippen LogP) is 1.63. The molecule has 0 aromatic heterocycles. The van der Waals surface area contributed by atoms with Gasteiger partial charge in [-0.05, 0) is 42.3 Å². The summed E-state index contributed by atoms with van der Waals surface area (Å²) in [7, 11) is -3.76. The fourth-order valence-electron chi connectivity index (χ4n) is 3.62. The van der Waals surface area contributed by atoms with Crippen LogP contribution in [0.5, 0.6) is 5.75 Å². The topological polar surface area (TPSA) is 105 Å². The lowest BCUT2D eigenvalue weighted by molar-refractivity contribution is -0.123. The van der Waals surface area contributed by atoms with Crippen LogP contribution in [-0.2, 0) is 30.8 Å². The number of ether oxygens (including phenoxy) is 2. The molecular formula is C22H25N3O6S. The molecular weight excluding hydrogens is 434 g/mol. The summed E-state index contributed by atoms with van der Waals surface area (Å²) in [6.07, 6.45) is 0.892. The molecule has 1 fully saturated rings. The van der Waals surface area contributed by atoms with Crippen LogP contribution in [0.4, 0.5) is 11.4 Å². The third-order valence-corrected chi connectivity index (χ3v) is 7.32. The van der Waals surface area contributed by atoms with Crippen LogP contribution in [-0.4, -0.2) is 64.0 Å². The van der Waals surface area contributed by atoms with E-state index in [9.17, 15) is 18.0 Å². The van der Waals surface area contributed by atoms with Crippen molar-refractivity contribution in [2.24, 2.45) is 0 Å². The number of nitrogens with one attached hydrogen (secondary N) is 1. The molecule has 1 N–H and O–H groups in total. The average Bonchev–Trinajstić information content (AvgIpc) is 2.81. The Morgan fingerprint density at radius 3 is 2.50 bits per heavy atom. The Kier molecular flexibility index (Phi) is 6.45. The molecule has 2 heterocycles. The zero-order valence-corrected chi connectivity index (χ0v) is 18.6. The third-order valence-electron chi connectivity index (χ3n) is 5.43. The summed E-state index contributed by atoms with van der Waals surface area (Å²) in [6, 6.07) is 11.8. The van der Waals surface area contributed by atoms with Gasteiger partial charge in [0, 0.05) is 18.8 Å². The van der Waals surface area contributed by atoms with Crippen molar-refractivity contribution in [2.45, 2.75) is 18.2 Å². The summed E-state index contributed by atoms with van der Waals surface area (Å²) in [4.78, 5) is 26.5. The zero-order valence-electron chi connectivity index (χ0n) is 17.7. The van der Waals surface area contributed by atoms with Crippen LogP contribution in [0.1, 0.15) is 12.5 Å². The lowest BCUT2D eigenvalue weighted by Crippen LogP contribution is -2.44. The van der Waals surface area contributed by atoms with E-state index in [1.807, 2.05) is 19.1 Å². The Hall–Kier alpha value is -2.95. The van der Waals surface area contributed by atoms with Gasteiger partial charge >= 0.3 is 0 Å². The fourth-order valence-corrected chi connectivity index (χ4v) is 5.05. The van der Waals surface area contributed by atoms with Gasteiger partial charge in [0.1, 0.15) is 12.3 Å². The van der Waals surface area contributed by atoms with E-state index in [-0.39, 0.29) is 36.8 Å². The molecule has 170 valence electrons. The van der Waals surface area contributed by atoms with E-state index in [4.69, 9.17) is 9.47 Å². The minimum absolute atomic E-state index is 0.0389. The van der Waals surface area contributed by atoms with Crippen LogP contribution in [0.2, 0.25) is 0 Å². The van der Waals surface area contributed by atoms with Gasteiger partial charge in [-0.15, -0.1) is 0 Å². The third kappa shape index (κ3) is 4.62. The van der Waals surface area contributed by atoms with E-state index in [2.05, 4.69) is 5.32 Å². The Balaban J connectivity index is 1.55. The molecule has 32 heavy (non-hydrogen) atoms. The van der Waals surface area contributed by atoms with E-state index in [1.165, 1.54) is 27.4 Å². The largest absolute Gasteiger partial charge is 0.482 e. The molecule has 9 nitrogen and oxygen atoms in total. The van der Waals surface area contributed by atoms with Gasteiger partial charge in [0.15, 0.2) is 6.61 Å². The number of carbonyl (C=O) groups excluding carboxylic acids is 2. The van der Waals surface area contributed by atoms with Crippen LogP contribution < -0.4 is 15.0 Å². The molecule has 0 spiro atoms. The lowest BCUT2D eigenvalue weighted by atomic mass is 10.1. The number of fused-ring (bicyclic) bond motifs is 1. The van der Waals surface area contributed by atoms with Crippen LogP contribution in [0, 0.1) is 0 Å². The van der Waals surface area contributed by atoms with Crippen molar-refractivity contribution < 1.29 is 27.5 Å². The van der Waals surface area contributed by atoms with Crippen molar-refractivity contribution in [3.63, 3.8) is 0 Å². The van der Waals surface area contributed by atoms with Gasteiger partial charge in [-0.2, -0.15) is 4.31 Å². The van der Waals surface area contributed by atoms with Crippen molar-refractivity contribution in [1.82, 2.24) is 4.31 Å². The normalized spacial score (nSPS) is 16.9. The van der Waals surface area contributed by atoms with Gasteiger partial charge in [0.25, 0.3) is 5.91 Å². The highest BCUT2D eigenvalue weighted by Gasteiger charge is 2.32. The molecule has 1 saturated heterocycles. The maximum Gasteiger partial charge on any atom is 0.265 e. The first-order chi connectivity index (χ1) is 15.4. The van der Waals surface area contributed by atoms with E-state index in [1.54, 1.807) is 12.1 Å². The molecule has 10 heteroatoms. The number of sulfonamides is 1. The number of anilines is 2. The number of morpholine rings is 1. The van der Waals surface area contributed by atoms with Gasteiger partial charge in [0.2, 0.25) is 15.9 Å². The van der Waals surface area contributed by atoms with Crippen molar-refractivity contribution in [3.05, 3.63) is 48.0 Å². The monoisotopic (exact) mass is 459 g/mol. The maximum absolute atomic E-state index is 13.0. The van der Waals surface area contributed by atoms with Crippen molar-refractivity contribution >= 4 is 33.2 Å². The van der Waals surface area contributed by atoms with E-state index in [0.717, 1.165) is 12.0 Å². The summed E-state index contributed by atoms with van der Waals surface area (Å²) in [6.45, 7) is 2.75. The maximum atomic E-state index is 13.0. The second-order valence-electron chi connectivity index (χ2n) is 7.51. The highest BCUT2D eigenvalue weighted by Crippen LogP contribution is 2.35. The second-order valence-corrected chi connectivity index (χ2v) is 9.45. The standard InChI is InChI=1S/C22H25N3O6S/c1-2-16-3-5-17(6-4-16)23-21(26)14-25-19-13-18(7-8-20(19)31-15-22(25)27)32(28,29)24-9-11-30-12-10-24/h3-8,13H,2,9-12,14-15H2,1H3,(H,23,26). The SMILES string of the molecule is CCc1ccc(NC(=O)CN2C(=O)COc3ccc(S(=O)(=O)N4CCOCC4)cc32)cc1. The summed E-state index contributed by atoms with van der Waals surface area (Å²) < 4.78 is 38.1. The molecule has 0 bridgehead atoms. The fraction of sp³-hybridized carbons (Fsp3) is 0.364. The highest BCUT2D eigenvalue weighted by atomic mass is 32.2. The van der Waals surface area contributed by atoms with Gasteiger partial charge < -0.3 is 14.8 Å². The number of rotatable bonds is 6. The minimum Gasteiger partial charge on any atom is -0.482 e. The zero-order chi connectivity index (χ0) is 22.7. The molecule has 2 aliphatic rings. The first-order valence-electron chi connectivity index (χ1n) is 10.4. The number of amides is 2. The van der Waals surface area contributed by atoms with Crippen LogP contribution in [0.15, 0.2) is 47.4 Å². The Labute approximate surface area is 187 Å². The molecule has 0 unspecified atom stereocenters. The lowest BCUT2D eigenvalue weighted by Gasteiger charge is -2.30. The molecule has 0 aliphatic carbocycles. The molecule has 2 amide bonds. The minimum atomic E-state index is -3.76. The van der Waals surface area contributed by atoms with E-state index >= 15 is 0 Å². The number of hydrogen-bond donors (Lipinski definition) is 1. The van der Waals surface area contributed by atoms with Crippen LogP contribution in [0.3, 0.4) is 0 Å². The number of nitrogens with zero attached hydrogens (tertiary/aromatic N) is 2. The number of aryl methyl sites for hydroxylation is 1. The number of carbonyl (C=O) groups is 2. The molecule has 4 rings (SSSR count). The number of benzene rings is 2.